The average molecular weight is 288 g/mol. The first-order valence-electron chi connectivity index (χ1n) is 7.09. The second-order valence-corrected chi connectivity index (χ2v) is 7.77. The molecule has 0 fully saturated rings. The highest BCUT2D eigenvalue weighted by molar-refractivity contribution is 7.10. The van der Waals surface area contributed by atoms with Crippen LogP contribution in [0.25, 0.3) is 0 Å². The molecule has 1 aromatic carbocycles. The predicted molar refractivity (Wildman–Crippen MR) is 87.6 cm³/mol. The number of aliphatic hydroxyl groups is 1. The Morgan fingerprint density at radius 1 is 1.00 bits per heavy atom. The molecule has 2 rings (SSSR count). The molecule has 1 atom stereocenters. The Labute approximate surface area is 126 Å². The molecule has 1 aromatic heterocycles. The molecule has 0 saturated carbocycles. The largest absolute Gasteiger partial charge is 0.395 e. The molecular formula is C18H24OS. The van der Waals surface area contributed by atoms with Crippen molar-refractivity contribution in [2.24, 2.45) is 0 Å². The average Bonchev–Trinajstić information content (AvgIpc) is 2.92. The minimum Gasteiger partial charge on any atom is -0.395 e. The van der Waals surface area contributed by atoms with E-state index in [-0.39, 0.29) is 17.4 Å². The molecule has 0 aliphatic heterocycles. The Morgan fingerprint density at radius 2 is 1.65 bits per heavy atom. The van der Waals surface area contributed by atoms with E-state index in [2.05, 4.69) is 69.5 Å². The first-order chi connectivity index (χ1) is 9.35. The van der Waals surface area contributed by atoms with Crippen LogP contribution in [0.1, 0.15) is 43.7 Å². The van der Waals surface area contributed by atoms with Crippen molar-refractivity contribution in [3.8, 4) is 0 Å². The van der Waals surface area contributed by atoms with E-state index in [1.54, 1.807) is 11.3 Å². The van der Waals surface area contributed by atoms with Gasteiger partial charge in [-0.3, -0.25) is 0 Å². The Hall–Kier alpha value is -1.12. The molecule has 1 N–H and O–H groups in total. The van der Waals surface area contributed by atoms with Gasteiger partial charge in [-0.2, -0.15) is 0 Å². The zero-order valence-electron chi connectivity index (χ0n) is 12.8. The van der Waals surface area contributed by atoms with Gasteiger partial charge in [0.2, 0.25) is 0 Å². The minimum atomic E-state index is -0.183. The van der Waals surface area contributed by atoms with E-state index in [0.717, 1.165) is 6.42 Å². The van der Waals surface area contributed by atoms with Crippen molar-refractivity contribution >= 4 is 11.3 Å². The summed E-state index contributed by atoms with van der Waals surface area (Å²) in [6.45, 7) is 8.99. The highest BCUT2D eigenvalue weighted by atomic mass is 32.1. The van der Waals surface area contributed by atoms with E-state index in [4.69, 9.17) is 0 Å². The van der Waals surface area contributed by atoms with Crippen molar-refractivity contribution in [2.45, 2.75) is 44.9 Å². The number of hydrogen-bond donors (Lipinski definition) is 1. The zero-order chi connectivity index (χ0) is 14.8. The van der Waals surface area contributed by atoms with Gasteiger partial charge in [0.05, 0.1) is 6.61 Å². The molecule has 0 amide bonds. The van der Waals surface area contributed by atoms with Gasteiger partial charge in [-0.05, 0) is 34.4 Å². The third-order valence-electron chi connectivity index (χ3n) is 3.88. The lowest BCUT2D eigenvalue weighted by Crippen LogP contribution is -2.28. The van der Waals surface area contributed by atoms with E-state index >= 15 is 0 Å². The van der Waals surface area contributed by atoms with Crippen molar-refractivity contribution in [1.82, 2.24) is 0 Å². The fourth-order valence-corrected chi connectivity index (χ4v) is 3.30. The molecule has 108 valence electrons. The molecule has 0 aliphatic rings. The van der Waals surface area contributed by atoms with Gasteiger partial charge in [-0.25, -0.2) is 0 Å². The van der Waals surface area contributed by atoms with Crippen LogP contribution < -0.4 is 0 Å². The number of rotatable bonds is 4. The lowest BCUT2D eigenvalue weighted by Gasteiger charge is -2.27. The summed E-state index contributed by atoms with van der Waals surface area (Å²) in [5.41, 5.74) is 2.63. The first-order valence-corrected chi connectivity index (χ1v) is 7.97. The smallest absolute Gasteiger partial charge is 0.0536 e. The van der Waals surface area contributed by atoms with Crippen LogP contribution in [0.3, 0.4) is 0 Å². The first kappa shape index (κ1) is 15.3. The summed E-state index contributed by atoms with van der Waals surface area (Å²) in [6.07, 6.45) is 0.869. The van der Waals surface area contributed by atoms with Crippen molar-refractivity contribution < 1.29 is 5.11 Å². The fraction of sp³-hybridized carbons (Fsp3) is 0.444. The van der Waals surface area contributed by atoms with Gasteiger partial charge in [0.1, 0.15) is 0 Å². The number of benzene rings is 1. The van der Waals surface area contributed by atoms with Crippen molar-refractivity contribution in [1.29, 1.82) is 0 Å². The van der Waals surface area contributed by atoms with Crippen LogP contribution in [0.15, 0.2) is 41.8 Å². The lowest BCUT2D eigenvalue weighted by molar-refractivity contribution is 0.207. The van der Waals surface area contributed by atoms with E-state index in [1.807, 2.05) is 0 Å². The summed E-state index contributed by atoms with van der Waals surface area (Å²) >= 11 is 1.72. The second kappa shape index (κ2) is 5.71. The maximum Gasteiger partial charge on any atom is 0.0536 e. The highest BCUT2D eigenvalue weighted by Gasteiger charge is 2.27. The molecule has 0 bridgehead atoms. The molecule has 0 aliphatic carbocycles. The number of thiophene rings is 1. The molecule has 0 unspecified atom stereocenters. The number of hydrogen-bond acceptors (Lipinski definition) is 2. The molecule has 0 saturated heterocycles. The zero-order valence-corrected chi connectivity index (χ0v) is 13.6. The van der Waals surface area contributed by atoms with Crippen LogP contribution >= 0.6 is 11.3 Å². The van der Waals surface area contributed by atoms with Gasteiger partial charge in [0.15, 0.2) is 0 Å². The SMILES string of the molecule is CC(C)(C)c1ccc(C[C@@](C)(CO)c2cccs2)cc1. The van der Waals surface area contributed by atoms with Crippen molar-refractivity contribution in [3.63, 3.8) is 0 Å². The quantitative estimate of drug-likeness (QED) is 0.876. The normalized spacial score (nSPS) is 15.1. The maximum absolute atomic E-state index is 9.81. The lowest BCUT2D eigenvalue weighted by atomic mass is 9.81. The summed E-state index contributed by atoms with van der Waals surface area (Å²) in [5, 5.41) is 11.9. The monoisotopic (exact) mass is 288 g/mol. The topological polar surface area (TPSA) is 20.2 Å². The number of aliphatic hydroxyl groups excluding tert-OH is 1. The molecule has 2 aromatic rings. The Bertz CT molecular complexity index is 534. The summed E-state index contributed by atoms with van der Waals surface area (Å²) in [4.78, 5) is 1.25. The Morgan fingerprint density at radius 3 is 2.10 bits per heavy atom. The van der Waals surface area contributed by atoms with Crippen molar-refractivity contribution in [2.75, 3.05) is 6.61 Å². The maximum atomic E-state index is 9.81. The van der Waals surface area contributed by atoms with Gasteiger partial charge in [-0.15, -0.1) is 11.3 Å². The third-order valence-corrected chi connectivity index (χ3v) is 5.06. The molecular weight excluding hydrogens is 264 g/mol. The molecule has 0 spiro atoms. The molecule has 20 heavy (non-hydrogen) atoms. The highest BCUT2D eigenvalue weighted by Crippen LogP contribution is 2.32. The predicted octanol–water partition coefficient (Wildman–Crippen LogP) is 4.54. The summed E-state index contributed by atoms with van der Waals surface area (Å²) in [6, 6.07) is 13.0. The van der Waals surface area contributed by atoms with Gasteiger partial charge in [0.25, 0.3) is 0 Å². The fourth-order valence-electron chi connectivity index (χ4n) is 2.42. The summed E-state index contributed by atoms with van der Waals surface area (Å²) < 4.78 is 0. The van der Waals surface area contributed by atoms with Gasteiger partial charge in [0, 0.05) is 10.3 Å². The molecule has 0 radical (unpaired) electrons. The van der Waals surface area contributed by atoms with Gasteiger partial charge < -0.3 is 5.11 Å². The molecule has 1 nitrogen and oxygen atoms in total. The van der Waals surface area contributed by atoms with E-state index in [9.17, 15) is 5.11 Å². The standard InChI is InChI=1S/C18H24OS/c1-17(2,3)15-9-7-14(8-10-15)12-18(4,13-19)16-6-5-11-20-16/h5-11,19H,12-13H2,1-4H3/t18-/m0/s1. The summed E-state index contributed by atoms with van der Waals surface area (Å²) in [7, 11) is 0. The van der Waals surface area contributed by atoms with Crippen LogP contribution in [0.5, 0.6) is 0 Å². The van der Waals surface area contributed by atoms with Crippen LogP contribution in [-0.4, -0.2) is 11.7 Å². The Kier molecular flexibility index (Phi) is 4.36. The van der Waals surface area contributed by atoms with E-state index in [1.165, 1.54) is 16.0 Å². The minimum absolute atomic E-state index is 0.175. The third kappa shape index (κ3) is 3.31. The summed E-state index contributed by atoms with van der Waals surface area (Å²) in [5.74, 6) is 0. The Balaban J connectivity index is 2.21. The second-order valence-electron chi connectivity index (χ2n) is 6.82. The molecule has 1 heterocycles. The van der Waals surface area contributed by atoms with Crippen molar-refractivity contribution in [3.05, 3.63) is 57.8 Å². The van der Waals surface area contributed by atoms with E-state index in [0.29, 0.717) is 0 Å². The van der Waals surface area contributed by atoms with Crippen LogP contribution in [0.2, 0.25) is 0 Å². The van der Waals surface area contributed by atoms with Crippen LogP contribution in [0.4, 0.5) is 0 Å². The van der Waals surface area contributed by atoms with Crippen LogP contribution in [-0.2, 0) is 17.3 Å². The van der Waals surface area contributed by atoms with E-state index < -0.39 is 0 Å². The van der Waals surface area contributed by atoms with Gasteiger partial charge in [-0.1, -0.05) is 58.0 Å². The molecule has 2 heteroatoms. The van der Waals surface area contributed by atoms with Crippen LogP contribution in [0, 0.1) is 0 Å². The van der Waals surface area contributed by atoms with Gasteiger partial charge >= 0.3 is 0 Å².